The van der Waals surface area contributed by atoms with Crippen LogP contribution in [0.15, 0.2) is 12.1 Å². The summed E-state index contributed by atoms with van der Waals surface area (Å²) in [6, 6.07) is 3.55. The van der Waals surface area contributed by atoms with Crippen molar-refractivity contribution in [1.29, 1.82) is 0 Å². The molecular formula is C16H23FO. The van der Waals surface area contributed by atoms with Gasteiger partial charge in [-0.15, -0.1) is 0 Å². The van der Waals surface area contributed by atoms with Crippen LogP contribution in [0.1, 0.15) is 62.1 Å². The maximum absolute atomic E-state index is 14.0. The summed E-state index contributed by atoms with van der Waals surface area (Å²) < 4.78 is 14.0. The second-order valence-electron chi connectivity index (χ2n) is 4.99. The molecule has 0 aromatic heterocycles. The van der Waals surface area contributed by atoms with Gasteiger partial charge in [-0.3, -0.25) is 4.79 Å². The fourth-order valence-corrected chi connectivity index (χ4v) is 2.21. The molecule has 0 amide bonds. The van der Waals surface area contributed by atoms with Crippen molar-refractivity contribution in [2.24, 2.45) is 0 Å². The lowest BCUT2D eigenvalue weighted by Crippen LogP contribution is -2.05. The minimum Gasteiger partial charge on any atom is -0.300 e. The summed E-state index contributed by atoms with van der Waals surface area (Å²) in [6.45, 7) is 7.85. The summed E-state index contributed by atoms with van der Waals surface area (Å²) in [7, 11) is 0. The van der Waals surface area contributed by atoms with Gasteiger partial charge in [0.05, 0.1) is 0 Å². The largest absolute Gasteiger partial charge is 0.300 e. The van der Waals surface area contributed by atoms with Crippen LogP contribution in [0.25, 0.3) is 0 Å². The predicted octanol–water partition coefficient (Wildman–Crippen LogP) is 4.70. The van der Waals surface area contributed by atoms with Gasteiger partial charge in [-0.1, -0.05) is 19.9 Å². The van der Waals surface area contributed by atoms with Gasteiger partial charge in [0.15, 0.2) is 0 Å². The van der Waals surface area contributed by atoms with Gasteiger partial charge in [0.25, 0.3) is 0 Å². The summed E-state index contributed by atoms with van der Waals surface area (Å²) in [5, 5.41) is 0. The molecule has 1 nitrogen and oxygen atoms in total. The van der Waals surface area contributed by atoms with Crippen molar-refractivity contribution in [2.45, 2.75) is 59.3 Å². The van der Waals surface area contributed by atoms with Crippen molar-refractivity contribution in [1.82, 2.24) is 0 Å². The third kappa shape index (κ3) is 3.66. The molecule has 1 atom stereocenters. The van der Waals surface area contributed by atoms with Crippen LogP contribution in [0.5, 0.6) is 0 Å². The highest BCUT2D eigenvalue weighted by Crippen LogP contribution is 2.29. The highest BCUT2D eigenvalue weighted by Gasteiger charge is 2.16. The van der Waals surface area contributed by atoms with E-state index in [2.05, 4.69) is 6.92 Å². The van der Waals surface area contributed by atoms with Gasteiger partial charge in [-0.25, -0.2) is 4.39 Å². The predicted molar refractivity (Wildman–Crippen MR) is 73.4 cm³/mol. The molecule has 2 heteroatoms. The maximum atomic E-state index is 14.0. The van der Waals surface area contributed by atoms with E-state index in [0.717, 1.165) is 29.5 Å². The Balaban J connectivity index is 2.88. The lowest BCUT2D eigenvalue weighted by Gasteiger charge is -2.17. The van der Waals surface area contributed by atoms with E-state index in [1.165, 1.54) is 0 Å². The van der Waals surface area contributed by atoms with E-state index in [1.54, 1.807) is 6.07 Å². The zero-order valence-electron chi connectivity index (χ0n) is 11.8. The summed E-state index contributed by atoms with van der Waals surface area (Å²) in [5.74, 6) is 0.284. The highest BCUT2D eigenvalue weighted by molar-refractivity contribution is 5.78. The number of hydrogen-bond acceptors (Lipinski definition) is 1. The zero-order valence-corrected chi connectivity index (χ0v) is 11.8. The number of rotatable bonds is 6. The monoisotopic (exact) mass is 250 g/mol. The zero-order chi connectivity index (χ0) is 13.7. The minimum atomic E-state index is -0.131. The molecule has 1 rings (SSSR count). The first kappa shape index (κ1) is 14.9. The Labute approximate surface area is 109 Å². The molecule has 1 aromatic rings. The van der Waals surface area contributed by atoms with Crippen molar-refractivity contribution in [3.63, 3.8) is 0 Å². The normalized spacial score (nSPS) is 12.5. The van der Waals surface area contributed by atoms with E-state index in [1.807, 2.05) is 26.8 Å². The molecular weight excluding hydrogens is 227 g/mol. The quantitative estimate of drug-likeness (QED) is 0.715. The van der Waals surface area contributed by atoms with Crippen molar-refractivity contribution in [3.05, 3.63) is 34.6 Å². The first-order chi connectivity index (χ1) is 8.49. The Bertz CT molecular complexity index is 423. The van der Waals surface area contributed by atoms with Crippen LogP contribution in [-0.2, 0) is 4.79 Å². The molecule has 0 bridgehead atoms. The SMILES string of the molecule is CCC(=O)CCC(CC)c1cc(C)c(C)cc1F. The number of Topliss-reactive ketones (excluding diaryl/α,β-unsaturated/α-hetero) is 1. The van der Waals surface area contributed by atoms with Crippen LogP contribution in [0.4, 0.5) is 4.39 Å². The molecule has 100 valence electrons. The fourth-order valence-electron chi connectivity index (χ4n) is 2.21. The van der Waals surface area contributed by atoms with E-state index in [-0.39, 0.29) is 17.5 Å². The Morgan fingerprint density at radius 3 is 2.39 bits per heavy atom. The van der Waals surface area contributed by atoms with Crippen LogP contribution in [0.3, 0.4) is 0 Å². The van der Waals surface area contributed by atoms with Gasteiger partial charge in [-0.2, -0.15) is 0 Å². The first-order valence-corrected chi connectivity index (χ1v) is 6.77. The summed E-state index contributed by atoms with van der Waals surface area (Å²) >= 11 is 0. The number of ketones is 1. The van der Waals surface area contributed by atoms with Gasteiger partial charge < -0.3 is 0 Å². The molecule has 0 saturated carbocycles. The maximum Gasteiger partial charge on any atom is 0.132 e. The van der Waals surface area contributed by atoms with E-state index in [0.29, 0.717) is 12.8 Å². The number of carbonyl (C=O) groups excluding carboxylic acids is 1. The molecule has 0 aliphatic heterocycles. The minimum absolute atomic E-state index is 0.131. The first-order valence-electron chi connectivity index (χ1n) is 6.77. The van der Waals surface area contributed by atoms with Gasteiger partial charge in [-0.05, 0) is 55.4 Å². The van der Waals surface area contributed by atoms with Crippen molar-refractivity contribution < 1.29 is 9.18 Å². The van der Waals surface area contributed by atoms with Crippen molar-refractivity contribution >= 4 is 5.78 Å². The number of benzene rings is 1. The molecule has 0 aliphatic rings. The van der Waals surface area contributed by atoms with Crippen LogP contribution >= 0.6 is 0 Å². The highest BCUT2D eigenvalue weighted by atomic mass is 19.1. The van der Waals surface area contributed by atoms with Gasteiger partial charge >= 0.3 is 0 Å². The average molecular weight is 250 g/mol. The standard InChI is InChI=1S/C16H23FO/c1-5-13(7-8-14(18)6-2)15-9-11(3)12(4)10-16(15)17/h9-10,13H,5-8H2,1-4H3. The molecule has 0 saturated heterocycles. The molecule has 0 N–H and O–H groups in total. The molecule has 1 aromatic carbocycles. The summed E-state index contributed by atoms with van der Waals surface area (Å²) in [6.07, 6.45) is 2.76. The molecule has 0 aliphatic carbocycles. The Hall–Kier alpha value is -1.18. The third-order valence-electron chi connectivity index (χ3n) is 3.71. The molecule has 1 unspecified atom stereocenters. The van der Waals surface area contributed by atoms with E-state index in [4.69, 9.17) is 0 Å². The van der Waals surface area contributed by atoms with E-state index in [9.17, 15) is 9.18 Å². The van der Waals surface area contributed by atoms with Crippen LogP contribution in [0.2, 0.25) is 0 Å². The third-order valence-corrected chi connectivity index (χ3v) is 3.71. The summed E-state index contributed by atoms with van der Waals surface area (Å²) in [4.78, 5) is 11.4. The smallest absolute Gasteiger partial charge is 0.132 e. The molecule has 0 heterocycles. The van der Waals surface area contributed by atoms with Gasteiger partial charge in [0, 0.05) is 12.8 Å². The second-order valence-corrected chi connectivity index (χ2v) is 4.99. The molecule has 0 fully saturated rings. The Kier molecular flexibility index (Phi) is 5.52. The fraction of sp³-hybridized carbons (Fsp3) is 0.562. The van der Waals surface area contributed by atoms with Crippen LogP contribution in [-0.4, -0.2) is 5.78 Å². The Morgan fingerprint density at radius 1 is 1.22 bits per heavy atom. The topological polar surface area (TPSA) is 17.1 Å². The van der Waals surface area contributed by atoms with Gasteiger partial charge in [0.2, 0.25) is 0 Å². The number of hydrogen-bond donors (Lipinski definition) is 0. The average Bonchev–Trinajstić information content (AvgIpc) is 2.35. The lowest BCUT2D eigenvalue weighted by molar-refractivity contribution is -0.118. The van der Waals surface area contributed by atoms with E-state index < -0.39 is 0 Å². The van der Waals surface area contributed by atoms with Crippen LogP contribution < -0.4 is 0 Å². The lowest BCUT2D eigenvalue weighted by atomic mass is 9.88. The van der Waals surface area contributed by atoms with Crippen molar-refractivity contribution in [3.8, 4) is 0 Å². The molecule has 0 radical (unpaired) electrons. The number of halogens is 1. The molecule has 0 spiro atoms. The Morgan fingerprint density at radius 2 is 1.83 bits per heavy atom. The number of aryl methyl sites for hydroxylation is 2. The number of carbonyl (C=O) groups is 1. The molecule has 18 heavy (non-hydrogen) atoms. The second kappa shape index (κ2) is 6.67. The van der Waals surface area contributed by atoms with Gasteiger partial charge in [0.1, 0.15) is 11.6 Å². The summed E-state index contributed by atoms with van der Waals surface area (Å²) in [5.41, 5.74) is 2.87. The van der Waals surface area contributed by atoms with Crippen LogP contribution in [0, 0.1) is 19.7 Å². The van der Waals surface area contributed by atoms with E-state index >= 15 is 0 Å². The van der Waals surface area contributed by atoms with Crippen molar-refractivity contribution in [2.75, 3.05) is 0 Å².